The van der Waals surface area contributed by atoms with Crippen LogP contribution in [0.4, 0.5) is 0 Å². The zero-order valence-electron chi connectivity index (χ0n) is 13.7. The number of hydrogen-bond acceptors (Lipinski definition) is 3. The van der Waals surface area contributed by atoms with Crippen LogP contribution in [0.25, 0.3) is 0 Å². The number of nitrogens with one attached hydrogen (secondary N) is 1. The van der Waals surface area contributed by atoms with Crippen LogP contribution in [0, 0.1) is 0 Å². The summed E-state index contributed by atoms with van der Waals surface area (Å²) < 4.78 is 0. The summed E-state index contributed by atoms with van der Waals surface area (Å²) in [6, 6.07) is 0. The number of nitrogens with zero attached hydrogens (tertiary/aromatic N) is 1. The van der Waals surface area contributed by atoms with Crippen molar-refractivity contribution < 1.29 is 9.59 Å². The highest BCUT2D eigenvalue weighted by atomic mass is 16.2. The molecule has 0 spiro atoms. The molecule has 0 aliphatic carbocycles. The highest BCUT2D eigenvalue weighted by molar-refractivity contribution is 5.92. The molecular formula is C15H29N3O2. The third kappa shape index (κ3) is 12.8. The first-order chi connectivity index (χ1) is 9.09. The number of amides is 2. The lowest BCUT2D eigenvalue weighted by Crippen LogP contribution is -2.27. The Morgan fingerprint density at radius 1 is 1.15 bits per heavy atom. The summed E-state index contributed by atoms with van der Waals surface area (Å²) in [6.07, 6.45) is 0.978. The van der Waals surface area contributed by atoms with Crippen molar-refractivity contribution in [3.63, 3.8) is 0 Å². The average Bonchev–Trinajstić information content (AvgIpc) is 2.33. The number of rotatable bonds is 6. The standard InChI is InChI=1S/C9H18N2O.C6H11NO/c1-8(2)9(12)10-6-5-7-11(3)4;1-4(2)5(3)6(7)8/h1,5-7H2,2-4H3,(H,10,12);1-3H3,(H2,7,8). The van der Waals surface area contributed by atoms with Gasteiger partial charge in [0.05, 0.1) is 0 Å². The molecule has 0 saturated carbocycles. The van der Waals surface area contributed by atoms with E-state index in [0.29, 0.717) is 11.1 Å². The van der Waals surface area contributed by atoms with Gasteiger partial charge in [-0.05, 0) is 54.8 Å². The van der Waals surface area contributed by atoms with Crippen LogP contribution < -0.4 is 11.1 Å². The zero-order valence-corrected chi connectivity index (χ0v) is 13.7. The van der Waals surface area contributed by atoms with Gasteiger partial charge in [-0.1, -0.05) is 12.2 Å². The van der Waals surface area contributed by atoms with Crippen molar-refractivity contribution in [1.29, 1.82) is 0 Å². The first kappa shape index (κ1) is 20.7. The van der Waals surface area contributed by atoms with Gasteiger partial charge in [0.15, 0.2) is 0 Å². The quantitative estimate of drug-likeness (QED) is 0.572. The molecule has 0 fully saturated rings. The first-order valence-electron chi connectivity index (χ1n) is 6.61. The molecule has 0 unspecified atom stereocenters. The van der Waals surface area contributed by atoms with Crippen LogP contribution in [0.3, 0.4) is 0 Å². The molecule has 0 aliphatic rings. The Bertz CT molecular complexity index is 367. The fourth-order valence-electron chi connectivity index (χ4n) is 0.994. The van der Waals surface area contributed by atoms with Crippen LogP contribution in [0.2, 0.25) is 0 Å². The van der Waals surface area contributed by atoms with E-state index in [9.17, 15) is 9.59 Å². The summed E-state index contributed by atoms with van der Waals surface area (Å²) >= 11 is 0. The van der Waals surface area contributed by atoms with E-state index in [1.54, 1.807) is 13.8 Å². The highest BCUT2D eigenvalue weighted by Gasteiger charge is 1.99. The van der Waals surface area contributed by atoms with Crippen molar-refractivity contribution in [1.82, 2.24) is 10.2 Å². The van der Waals surface area contributed by atoms with Crippen molar-refractivity contribution in [2.75, 3.05) is 27.2 Å². The van der Waals surface area contributed by atoms with Crippen molar-refractivity contribution in [3.05, 3.63) is 23.3 Å². The number of hydrogen-bond donors (Lipinski definition) is 2. The third-order valence-electron chi connectivity index (χ3n) is 2.57. The minimum absolute atomic E-state index is 0.0474. The Labute approximate surface area is 122 Å². The molecule has 0 bridgehead atoms. The fraction of sp³-hybridized carbons (Fsp3) is 0.600. The maximum atomic E-state index is 11.0. The van der Waals surface area contributed by atoms with Gasteiger partial charge in [0, 0.05) is 17.7 Å². The molecule has 5 heteroatoms. The Kier molecular flexibility index (Phi) is 11.6. The molecule has 0 aromatic carbocycles. The van der Waals surface area contributed by atoms with Gasteiger partial charge in [-0.25, -0.2) is 0 Å². The Morgan fingerprint density at radius 3 is 1.90 bits per heavy atom. The molecule has 20 heavy (non-hydrogen) atoms. The lowest BCUT2D eigenvalue weighted by molar-refractivity contribution is -0.117. The number of carbonyl (C=O) groups excluding carboxylic acids is 2. The first-order valence-corrected chi connectivity index (χ1v) is 6.61. The Balaban J connectivity index is 0. The number of primary amides is 1. The second kappa shape index (κ2) is 11.2. The number of allylic oxidation sites excluding steroid dienone is 1. The van der Waals surface area contributed by atoms with Crippen molar-refractivity contribution in [2.24, 2.45) is 5.73 Å². The summed E-state index contributed by atoms with van der Waals surface area (Å²) in [6.45, 7) is 12.4. The second-order valence-corrected chi connectivity index (χ2v) is 5.18. The zero-order chi connectivity index (χ0) is 16.3. The minimum atomic E-state index is -0.329. The second-order valence-electron chi connectivity index (χ2n) is 5.18. The van der Waals surface area contributed by atoms with Crippen LogP contribution in [-0.4, -0.2) is 43.9 Å². The molecule has 0 aromatic heterocycles. The fourth-order valence-corrected chi connectivity index (χ4v) is 0.994. The van der Waals surface area contributed by atoms with E-state index in [0.717, 1.165) is 25.1 Å². The summed E-state index contributed by atoms with van der Waals surface area (Å²) in [5.41, 5.74) is 7.15. The predicted octanol–water partition coefficient (Wildman–Crippen LogP) is 1.46. The molecule has 0 rings (SSSR count). The smallest absolute Gasteiger partial charge is 0.246 e. The summed E-state index contributed by atoms with van der Waals surface area (Å²) in [7, 11) is 4.03. The van der Waals surface area contributed by atoms with Gasteiger partial charge < -0.3 is 16.0 Å². The van der Waals surface area contributed by atoms with Gasteiger partial charge in [0.1, 0.15) is 0 Å². The summed E-state index contributed by atoms with van der Waals surface area (Å²) in [5, 5.41) is 2.77. The third-order valence-corrected chi connectivity index (χ3v) is 2.57. The molecule has 3 N–H and O–H groups in total. The Hall–Kier alpha value is -1.62. The lowest BCUT2D eigenvalue weighted by Gasteiger charge is -2.09. The summed E-state index contributed by atoms with van der Waals surface area (Å²) in [5.74, 6) is -0.376. The van der Waals surface area contributed by atoms with Gasteiger partial charge in [0.2, 0.25) is 11.8 Å². The van der Waals surface area contributed by atoms with Crippen molar-refractivity contribution in [3.8, 4) is 0 Å². The van der Waals surface area contributed by atoms with E-state index in [2.05, 4.69) is 16.8 Å². The van der Waals surface area contributed by atoms with Gasteiger partial charge in [-0.2, -0.15) is 0 Å². The maximum absolute atomic E-state index is 11.0. The molecule has 0 aliphatic heterocycles. The molecule has 0 aromatic rings. The van der Waals surface area contributed by atoms with Gasteiger partial charge in [-0.3, -0.25) is 9.59 Å². The molecule has 116 valence electrons. The number of nitrogens with two attached hydrogens (primary N) is 1. The average molecular weight is 283 g/mol. The van der Waals surface area contributed by atoms with Crippen LogP contribution in [-0.2, 0) is 9.59 Å². The normalized spacial score (nSPS) is 9.35. The van der Waals surface area contributed by atoms with Gasteiger partial charge >= 0.3 is 0 Å². The van der Waals surface area contributed by atoms with Crippen LogP contribution >= 0.6 is 0 Å². The molecule has 0 radical (unpaired) electrons. The SMILES string of the molecule is C=C(C)C(=O)NCCCN(C)C.CC(C)=C(C)C(N)=O. The van der Waals surface area contributed by atoms with Crippen molar-refractivity contribution >= 4 is 11.8 Å². The lowest BCUT2D eigenvalue weighted by atomic mass is 10.2. The van der Waals surface area contributed by atoms with Gasteiger partial charge in [0.25, 0.3) is 0 Å². The molecule has 0 atom stereocenters. The van der Waals surface area contributed by atoms with Crippen molar-refractivity contribution in [2.45, 2.75) is 34.1 Å². The number of carbonyl (C=O) groups is 2. The Morgan fingerprint density at radius 2 is 1.65 bits per heavy atom. The van der Waals surface area contributed by atoms with E-state index in [1.807, 2.05) is 27.9 Å². The van der Waals surface area contributed by atoms with E-state index < -0.39 is 0 Å². The maximum Gasteiger partial charge on any atom is 0.246 e. The predicted molar refractivity (Wildman–Crippen MR) is 84.2 cm³/mol. The van der Waals surface area contributed by atoms with E-state index in [1.165, 1.54) is 0 Å². The summed E-state index contributed by atoms with van der Waals surface area (Å²) in [4.78, 5) is 23.4. The molecular weight excluding hydrogens is 254 g/mol. The van der Waals surface area contributed by atoms with Crippen LogP contribution in [0.15, 0.2) is 23.3 Å². The van der Waals surface area contributed by atoms with Crippen LogP contribution in [0.5, 0.6) is 0 Å². The molecule has 2 amide bonds. The highest BCUT2D eigenvalue weighted by Crippen LogP contribution is 1.98. The molecule has 5 nitrogen and oxygen atoms in total. The van der Waals surface area contributed by atoms with E-state index in [4.69, 9.17) is 5.73 Å². The molecule has 0 saturated heterocycles. The van der Waals surface area contributed by atoms with E-state index >= 15 is 0 Å². The van der Waals surface area contributed by atoms with Crippen LogP contribution in [0.1, 0.15) is 34.1 Å². The molecule has 0 heterocycles. The largest absolute Gasteiger partial charge is 0.366 e. The van der Waals surface area contributed by atoms with Gasteiger partial charge in [-0.15, -0.1) is 0 Å². The van der Waals surface area contributed by atoms with E-state index in [-0.39, 0.29) is 11.8 Å². The minimum Gasteiger partial charge on any atom is -0.366 e. The monoisotopic (exact) mass is 283 g/mol. The topological polar surface area (TPSA) is 75.4 Å².